The van der Waals surface area contributed by atoms with Gasteiger partial charge in [0.15, 0.2) is 0 Å². The van der Waals surface area contributed by atoms with E-state index in [4.69, 9.17) is 9.47 Å². The molecule has 3 atom stereocenters. The molecule has 0 aromatic heterocycles. The minimum Gasteiger partial charge on any atom is -0.371 e. The van der Waals surface area contributed by atoms with Crippen LogP contribution in [0.2, 0.25) is 0 Å². The summed E-state index contributed by atoms with van der Waals surface area (Å²) < 4.78 is 11.5. The lowest BCUT2D eigenvalue weighted by molar-refractivity contribution is 0.0160. The predicted molar refractivity (Wildman–Crippen MR) is 78.4 cm³/mol. The summed E-state index contributed by atoms with van der Waals surface area (Å²) in [6.45, 7) is 0.687. The number of hydrogen-bond acceptors (Lipinski definition) is 2. The normalized spacial score (nSPS) is 27.3. The van der Waals surface area contributed by atoms with Crippen molar-refractivity contribution in [3.05, 3.63) is 60.2 Å². The van der Waals surface area contributed by atoms with Crippen molar-refractivity contribution in [3.63, 3.8) is 0 Å². The highest BCUT2D eigenvalue weighted by molar-refractivity contribution is 5.63. The Labute approximate surface area is 119 Å². The first-order chi connectivity index (χ1) is 9.90. The molecule has 1 heterocycles. The van der Waals surface area contributed by atoms with Gasteiger partial charge in [-0.25, -0.2) is 0 Å². The molecule has 0 amide bonds. The van der Waals surface area contributed by atoms with Crippen LogP contribution in [0.15, 0.2) is 54.6 Å². The summed E-state index contributed by atoms with van der Waals surface area (Å²) in [6, 6.07) is 19.1. The lowest BCUT2D eigenvalue weighted by Crippen LogP contribution is -2.15. The van der Waals surface area contributed by atoms with Crippen LogP contribution in [0, 0.1) is 0 Å². The Bertz CT molecular complexity index is 576. The van der Waals surface area contributed by atoms with Crippen LogP contribution in [0.25, 0.3) is 11.1 Å². The molecule has 2 aliphatic rings. The van der Waals surface area contributed by atoms with Crippen molar-refractivity contribution in [1.29, 1.82) is 0 Å². The van der Waals surface area contributed by atoms with Crippen LogP contribution in [0.4, 0.5) is 0 Å². The van der Waals surface area contributed by atoms with E-state index in [1.54, 1.807) is 0 Å². The Morgan fingerprint density at radius 1 is 0.900 bits per heavy atom. The summed E-state index contributed by atoms with van der Waals surface area (Å²) in [6.07, 6.45) is 3.52. The van der Waals surface area contributed by atoms with Crippen LogP contribution >= 0.6 is 0 Å². The molecule has 2 nitrogen and oxygen atoms in total. The largest absolute Gasteiger partial charge is 0.371 e. The van der Waals surface area contributed by atoms with Gasteiger partial charge in [0, 0.05) is 0 Å². The van der Waals surface area contributed by atoms with Crippen LogP contribution in [0.3, 0.4) is 0 Å². The van der Waals surface area contributed by atoms with Crippen molar-refractivity contribution in [2.45, 2.75) is 37.8 Å². The van der Waals surface area contributed by atoms with Gasteiger partial charge in [0.1, 0.15) is 6.10 Å². The standard InChI is InChI=1S/C18H18O2/c1-2-4-14(5-3-1)15-8-6-13(7-9-15)12-19-16-10-11-17-18(16)20-17/h1-9,16-18H,10-12H2/t16-,17-,18+/m1/s1. The van der Waals surface area contributed by atoms with Crippen LogP contribution < -0.4 is 0 Å². The lowest BCUT2D eigenvalue weighted by atomic mass is 10.0. The Morgan fingerprint density at radius 3 is 2.30 bits per heavy atom. The van der Waals surface area contributed by atoms with Crippen LogP contribution in [-0.4, -0.2) is 18.3 Å². The van der Waals surface area contributed by atoms with Crippen molar-refractivity contribution >= 4 is 0 Å². The molecule has 2 aromatic carbocycles. The first-order valence-electron chi connectivity index (χ1n) is 7.31. The van der Waals surface area contributed by atoms with Gasteiger partial charge in [0.2, 0.25) is 0 Å². The summed E-state index contributed by atoms with van der Waals surface area (Å²) in [5.74, 6) is 0. The Balaban J connectivity index is 1.40. The number of rotatable bonds is 4. The van der Waals surface area contributed by atoms with Crippen LogP contribution in [0.1, 0.15) is 18.4 Å². The van der Waals surface area contributed by atoms with Crippen LogP contribution in [0.5, 0.6) is 0 Å². The number of benzene rings is 2. The highest BCUT2D eigenvalue weighted by Gasteiger charge is 2.50. The van der Waals surface area contributed by atoms with E-state index in [9.17, 15) is 0 Å². The molecule has 0 N–H and O–H groups in total. The molecule has 1 saturated heterocycles. The molecule has 2 aromatic rings. The zero-order valence-corrected chi connectivity index (χ0v) is 11.4. The van der Waals surface area contributed by atoms with Crippen molar-refractivity contribution < 1.29 is 9.47 Å². The third-order valence-electron chi connectivity index (χ3n) is 4.25. The maximum atomic E-state index is 5.96. The zero-order valence-electron chi connectivity index (χ0n) is 11.4. The molecular formula is C18H18O2. The van der Waals surface area contributed by atoms with E-state index in [1.165, 1.54) is 23.1 Å². The SMILES string of the molecule is c1ccc(-c2ccc(CO[C@@H]3CC[C@H]4O[C@@H]34)cc2)cc1. The topological polar surface area (TPSA) is 21.8 Å². The number of fused-ring (bicyclic) bond motifs is 1. The minimum absolute atomic E-state index is 0.314. The quantitative estimate of drug-likeness (QED) is 0.785. The molecule has 0 radical (unpaired) electrons. The van der Waals surface area contributed by atoms with Gasteiger partial charge in [-0.1, -0.05) is 54.6 Å². The fraction of sp³-hybridized carbons (Fsp3) is 0.333. The van der Waals surface area contributed by atoms with E-state index in [-0.39, 0.29) is 0 Å². The van der Waals surface area contributed by atoms with Gasteiger partial charge >= 0.3 is 0 Å². The highest BCUT2D eigenvalue weighted by atomic mass is 16.6. The number of hydrogen-bond donors (Lipinski definition) is 0. The van der Waals surface area contributed by atoms with E-state index < -0.39 is 0 Å². The van der Waals surface area contributed by atoms with E-state index in [0.29, 0.717) is 24.9 Å². The molecular weight excluding hydrogens is 248 g/mol. The predicted octanol–water partition coefficient (Wildman–Crippen LogP) is 3.80. The van der Waals surface area contributed by atoms with Gasteiger partial charge in [-0.05, 0) is 29.5 Å². The fourth-order valence-corrected chi connectivity index (χ4v) is 3.01. The molecule has 0 spiro atoms. The molecule has 2 heteroatoms. The fourth-order valence-electron chi connectivity index (χ4n) is 3.01. The van der Waals surface area contributed by atoms with Gasteiger partial charge in [0.05, 0.1) is 18.8 Å². The highest BCUT2D eigenvalue weighted by Crippen LogP contribution is 2.40. The van der Waals surface area contributed by atoms with Crippen molar-refractivity contribution in [2.24, 2.45) is 0 Å². The summed E-state index contributed by atoms with van der Waals surface area (Å²) in [7, 11) is 0. The van der Waals surface area contributed by atoms with Gasteiger partial charge in [-0.2, -0.15) is 0 Å². The second kappa shape index (κ2) is 5.04. The second-order valence-electron chi connectivity index (χ2n) is 5.63. The van der Waals surface area contributed by atoms with E-state index in [1.807, 2.05) is 6.07 Å². The molecule has 0 bridgehead atoms. The van der Waals surface area contributed by atoms with Crippen molar-refractivity contribution in [2.75, 3.05) is 0 Å². The average molecular weight is 266 g/mol. The van der Waals surface area contributed by atoms with Crippen molar-refractivity contribution in [3.8, 4) is 11.1 Å². The molecule has 0 unspecified atom stereocenters. The third-order valence-corrected chi connectivity index (χ3v) is 4.25. The number of epoxide rings is 1. The molecule has 4 rings (SSSR count). The van der Waals surface area contributed by atoms with E-state index >= 15 is 0 Å². The second-order valence-corrected chi connectivity index (χ2v) is 5.63. The summed E-state index contributed by atoms with van der Waals surface area (Å²) >= 11 is 0. The van der Waals surface area contributed by atoms with Gasteiger partial charge < -0.3 is 9.47 Å². The van der Waals surface area contributed by atoms with Gasteiger partial charge in [0.25, 0.3) is 0 Å². The summed E-state index contributed by atoms with van der Waals surface area (Å²) in [4.78, 5) is 0. The lowest BCUT2D eigenvalue weighted by Gasteiger charge is -2.12. The maximum Gasteiger partial charge on any atom is 0.110 e. The summed E-state index contributed by atoms with van der Waals surface area (Å²) in [5, 5.41) is 0. The maximum absolute atomic E-state index is 5.96. The first-order valence-corrected chi connectivity index (χ1v) is 7.31. The minimum atomic E-state index is 0.314. The van der Waals surface area contributed by atoms with Crippen LogP contribution in [-0.2, 0) is 16.1 Å². The monoisotopic (exact) mass is 266 g/mol. The Kier molecular flexibility index (Phi) is 3.06. The third kappa shape index (κ3) is 2.37. The molecule has 102 valence electrons. The first kappa shape index (κ1) is 12.1. The Hall–Kier alpha value is -1.64. The smallest absolute Gasteiger partial charge is 0.110 e. The van der Waals surface area contributed by atoms with E-state index in [2.05, 4.69) is 48.5 Å². The Morgan fingerprint density at radius 2 is 1.65 bits per heavy atom. The molecule has 1 aliphatic carbocycles. The zero-order chi connectivity index (χ0) is 13.4. The van der Waals surface area contributed by atoms with Gasteiger partial charge in [-0.3, -0.25) is 0 Å². The van der Waals surface area contributed by atoms with Crippen molar-refractivity contribution in [1.82, 2.24) is 0 Å². The molecule has 20 heavy (non-hydrogen) atoms. The summed E-state index contributed by atoms with van der Waals surface area (Å²) in [5.41, 5.74) is 3.74. The molecule has 1 saturated carbocycles. The van der Waals surface area contributed by atoms with Gasteiger partial charge in [-0.15, -0.1) is 0 Å². The molecule has 2 fully saturated rings. The number of ether oxygens (including phenoxy) is 2. The average Bonchev–Trinajstić information content (AvgIpc) is 3.20. The van der Waals surface area contributed by atoms with E-state index in [0.717, 1.165) is 6.42 Å². The molecule has 1 aliphatic heterocycles.